The zero-order valence-electron chi connectivity index (χ0n) is 14.4. The van der Waals surface area contributed by atoms with Gasteiger partial charge in [-0.2, -0.15) is 0 Å². The third-order valence-corrected chi connectivity index (χ3v) is 0.684. The van der Waals surface area contributed by atoms with Gasteiger partial charge in [0.05, 0.1) is 4.92 Å². The summed E-state index contributed by atoms with van der Waals surface area (Å²) in [5.41, 5.74) is 0. The van der Waals surface area contributed by atoms with Crippen molar-refractivity contribution >= 4 is 49.8 Å². The van der Waals surface area contributed by atoms with Gasteiger partial charge in [0.15, 0.2) is 7.05 Å². The van der Waals surface area contributed by atoms with Crippen LogP contribution in [0.15, 0.2) is 12.3 Å². The number of allylic oxidation sites excluding steroid dienone is 1. The molecule has 1 unspecified atom stereocenters. The summed E-state index contributed by atoms with van der Waals surface area (Å²) in [6.45, 7) is 5.51. The second-order valence-electron chi connectivity index (χ2n) is 3.04. The predicted octanol–water partition coefficient (Wildman–Crippen LogP) is 3.15. The number of carbonyl (C=O) groups excluding carboxylic acids is 2. The van der Waals surface area contributed by atoms with E-state index in [2.05, 4.69) is 37.2 Å². The second-order valence-corrected chi connectivity index (χ2v) is 3.04. The predicted molar refractivity (Wildman–Crippen MR) is 117 cm³/mol. The van der Waals surface area contributed by atoms with Crippen LogP contribution in [-0.4, -0.2) is 52.1 Å². The van der Waals surface area contributed by atoms with E-state index >= 15 is 0 Å². The highest BCUT2D eigenvalue weighted by molar-refractivity contribution is 15.0. The quantitative estimate of drug-likeness (QED) is 0.217. The first-order valence-corrected chi connectivity index (χ1v) is 12.3. The minimum absolute atomic E-state index is 0. The van der Waals surface area contributed by atoms with Crippen LogP contribution in [0.4, 0.5) is 0 Å². The lowest BCUT2D eigenvalue weighted by molar-refractivity contribution is -0.489. The minimum atomic E-state index is -0.824. The van der Waals surface area contributed by atoms with Gasteiger partial charge < -0.3 is 14.7 Å². The maximum atomic E-state index is 9.46. The molecular weight excluding hydrogens is 584 g/mol. The average Bonchev–Trinajstić information content (AvgIpc) is 2.41. The van der Waals surface area contributed by atoms with Crippen molar-refractivity contribution in [2.24, 2.45) is 0 Å². The number of halogens is 2. The van der Waals surface area contributed by atoms with Gasteiger partial charge in [0.2, 0.25) is 12.7 Å². The normalized spacial score (nSPS) is 8.00. The van der Waals surface area contributed by atoms with Crippen LogP contribution in [0.5, 0.6) is 0 Å². The maximum Gasteiger partial charge on any atom is 0.230 e. The van der Waals surface area contributed by atoms with Gasteiger partial charge in [-0.1, -0.05) is 7.43 Å². The van der Waals surface area contributed by atoms with Crippen LogP contribution in [0, 0.1) is 30.3 Å². The molecule has 0 heterocycles. The number of rotatable bonds is 3. The summed E-state index contributed by atoms with van der Waals surface area (Å²) in [5.74, 6) is 0. The molecule has 0 bridgehead atoms. The fraction of sp³-hybridized carbons (Fsp3) is 0.667. The Morgan fingerprint density at radius 2 is 1.23 bits per heavy atom. The van der Waals surface area contributed by atoms with Crippen LogP contribution in [0.3, 0.4) is 0 Å². The van der Waals surface area contributed by atoms with Gasteiger partial charge >= 0.3 is 0 Å². The van der Waals surface area contributed by atoms with Crippen molar-refractivity contribution in [1.29, 1.82) is 0 Å². The molecule has 0 aromatic rings. The summed E-state index contributed by atoms with van der Waals surface area (Å²) in [7, 11) is 0.889. The fourth-order valence-corrected chi connectivity index (χ4v) is 0.337. The molecule has 0 aromatic carbocycles. The van der Waals surface area contributed by atoms with Crippen LogP contribution in [0.25, 0.3) is 0 Å². The van der Waals surface area contributed by atoms with E-state index in [1.54, 1.807) is 6.92 Å². The highest BCUT2D eigenvalue weighted by Gasteiger charge is 2.01. The molecule has 0 saturated heterocycles. The van der Waals surface area contributed by atoms with Crippen molar-refractivity contribution in [3.8, 4) is 0 Å². The molecule has 0 aliphatic carbocycles. The third-order valence-electron chi connectivity index (χ3n) is 0.684. The summed E-state index contributed by atoms with van der Waals surface area (Å²) in [5, 5.41) is 35.9. The van der Waals surface area contributed by atoms with Crippen LogP contribution < -0.4 is 0 Å². The Hall–Kier alpha value is -1.30. The van der Waals surface area contributed by atoms with Gasteiger partial charge in [-0.3, -0.25) is 30.3 Å². The van der Waals surface area contributed by atoms with E-state index in [9.17, 15) is 20.2 Å². The molecule has 0 radical (unpaired) electrons. The van der Waals surface area contributed by atoms with Gasteiger partial charge in [-0.05, 0) is 33.8 Å². The van der Waals surface area contributed by atoms with Crippen LogP contribution >= 0.6 is 37.2 Å². The van der Waals surface area contributed by atoms with Crippen molar-refractivity contribution in [3.63, 3.8) is 0 Å². The Morgan fingerprint density at radius 3 is 1.23 bits per heavy atom. The van der Waals surface area contributed by atoms with Crippen molar-refractivity contribution in [2.45, 2.75) is 41.2 Å². The van der Waals surface area contributed by atoms with Crippen LogP contribution in [0.1, 0.15) is 35.1 Å². The first-order valence-electron chi connectivity index (χ1n) is 6.04. The first kappa shape index (κ1) is 44.3. The molecule has 0 aromatic heterocycles. The van der Waals surface area contributed by atoms with Gasteiger partial charge in [-0.15, -0.1) is 0 Å². The monoisotopic (exact) mass is 611 g/mol. The SMILES string of the molecule is C.CC(O)C[N+](=O)[O-].CC=C[N+](=O)[O-].CC=O.CC=O.C[N+](=O)[O-].II. The molecule has 0 fully saturated rings. The molecule has 1 N–H and O–H groups in total. The van der Waals surface area contributed by atoms with Gasteiger partial charge in [0, 0.05) is 47.1 Å². The summed E-state index contributed by atoms with van der Waals surface area (Å²) in [6.07, 6.45) is 2.94. The van der Waals surface area contributed by atoms with Gasteiger partial charge in [0.25, 0.3) is 0 Å². The number of hydrogen-bond acceptors (Lipinski definition) is 9. The van der Waals surface area contributed by atoms with E-state index in [-0.39, 0.29) is 14.0 Å². The Labute approximate surface area is 176 Å². The Morgan fingerprint density at radius 1 is 1.00 bits per heavy atom. The molecule has 26 heavy (non-hydrogen) atoms. The molecule has 0 amide bonds. The number of nitrogens with zero attached hydrogens (tertiary/aromatic N) is 3. The summed E-state index contributed by atoms with van der Waals surface area (Å²) in [6, 6.07) is 0. The molecule has 0 rings (SSSR count). The maximum absolute atomic E-state index is 9.46. The Bertz CT molecular complexity index is 345. The van der Waals surface area contributed by atoms with E-state index in [0.717, 1.165) is 25.8 Å². The second kappa shape index (κ2) is 49.5. The highest BCUT2D eigenvalue weighted by atomic mass is 128. The van der Waals surface area contributed by atoms with E-state index in [4.69, 9.17) is 24.8 Å². The topological polar surface area (TPSA) is 184 Å². The molecule has 0 saturated carbocycles. The minimum Gasteiger partial charge on any atom is -0.387 e. The Kier molecular flexibility index (Phi) is 84.4. The third kappa shape index (κ3) is 329. The summed E-state index contributed by atoms with van der Waals surface area (Å²) >= 11 is 4.24. The zero-order valence-corrected chi connectivity index (χ0v) is 18.7. The lowest BCUT2D eigenvalue weighted by Crippen LogP contribution is -2.14. The van der Waals surface area contributed by atoms with Gasteiger partial charge in [-0.25, -0.2) is 0 Å². The number of hydrogen-bond donors (Lipinski definition) is 1. The highest BCUT2D eigenvalue weighted by Crippen LogP contribution is 1.89. The number of aliphatic hydroxyl groups excluding tert-OH is 1. The van der Waals surface area contributed by atoms with Crippen LogP contribution in [-0.2, 0) is 9.59 Å². The smallest absolute Gasteiger partial charge is 0.230 e. The summed E-state index contributed by atoms with van der Waals surface area (Å²) < 4.78 is 0. The number of carbonyl (C=O) groups is 2. The van der Waals surface area contributed by atoms with E-state index in [0.29, 0.717) is 0 Å². The van der Waals surface area contributed by atoms with E-state index < -0.39 is 20.9 Å². The lowest BCUT2D eigenvalue weighted by Gasteiger charge is -1.92. The van der Waals surface area contributed by atoms with Crippen LogP contribution in [0.2, 0.25) is 0 Å². The lowest BCUT2D eigenvalue weighted by atomic mass is 10.4. The number of aldehydes is 2. The molecular formula is C12H27I2N3O9. The van der Waals surface area contributed by atoms with Crippen molar-refractivity contribution in [1.82, 2.24) is 0 Å². The first-order chi connectivity index (χ1) is 11.5. The number of nitro groups is 3. The van der Waals surface area contributed by atoms with E-state index in [1.807, 2.05) is 0 Å². The molecule has 0 aliphatic heterocycles. The average molecular weight is 611 g/mol. The molecule has 158 valence electrons. The standard InChI is InChI=1S/C3H7NO3.C3H5NO2.2C2H4O.CH3NO2.CH4.I2/c1-3(5)2-4(6)7;1-2-3-4(5)6;2*1-2-3;1-2(3)4;;1-2/h3,5H,2H2,1H3;2-3H,1H3;2*2H,1H3;1H3;1H4;. The fourth-order valence-electron chi connectivity index (χ4n) is 0.337. The molecule has 1 atom stereocenters. The molecule has 0 spiro atoms. The molecule has 0 aliphatic rings. The van der Waals surface area contributed by atoms with Crippen molar-refractivity contribution in [3.05, 3.63) is 42.6 Å². The van der Waals surface area contributed by atoms with E-state index in [1.165, 1.54) is 26.8 Å². The van der Waals surface area contributed by atoms with Gasteiger partial charge in [0.1, 0.15) is 18.7 Å². The molecule has 14 heteroatoms. The number of aliphatic hydroxyl groups is 1. The summed E-state index contributed by atoms with van der Waals surface area (Å²) in [4.78, 5) is 43.6. The van der Waals surface area contributed by atoms with Crippen molar-refractivity contribution < 1.29 is 29.5 Å². The Balaban J connectivity index is -0.0000000349. The molecule has 12 nitrogen and oxygen atoms in total. The van der Waals surface area contributed by atoms with Crippen molar-refractivity contribution in [2.75, 3.05) is 13.6 Å². The largest absolute Gasteiger partial charge is 0.387 e. The zero-order chi connectivity index (χ0) is 21.8.